The number of nitrogens with one attached hydrogen (secondary N) is 1. The Kier molecular flexibility index (Phi) is 6.39. The fourth-order valence-electron chi connectivity index (χ4n) is 1.95. The SMILES string of the molecule is COC(=O)[C@@H](OC(C)=O)[C@@H](Cc1ccccc1)NC(C)=O. The lowest BCUT2D eigenvalue weighted by Gasteiger charge is -2.25. The normalized spacial score (nSPS) is 12.9. The number of hydrogen-bond acceptors (Lipinski definition) is 5. The zero-order valence-corrected chi connectivity index (χ0v) is 12.3. The van der Waals surface area contributed by atoms with E-state index in [1.54, 1.807) is 0 Å². The Labute approximate surface area is 123 Å². The molecule has 1 amide bonds. The van der Waals surface area contributed by atoms with Gasteiger partial charge in [0.15, 0.2) is 0 Å². The molecule has 0 aliphatic carbocycles. The number of rotatable bonds is 6. The van der Waals surface area contributed by atoms with Crippen LogP contribution in [-0.4, -0.2) is 37.1 Å². The lowest BCUT2D eigenvalue weighted by atomic mass is 10.0. The Morgan fingerprint density at radius 3 is 2.24 bits per heavy atom. The number of carbonyl (C=O) groups excluding carboxylic acids is 3. The van der Waals surface area contributed by atoms with Crippen LogP contribution in [0.3, 0.4) is 0 Å². The zero-order chi connectivity index (χ0) is 15.8. The van der Waals surface area contributed by atoms with Gasteiger partial charge in [0.25, 0.3) is 0 Å². The first-order valence-electron chi connectivity index (χ1n) is 6.50. The van der Waals surface area contributed by atoms with E-state index in [4.69, 9.17) is 4.74 Å². The van der Waals surface area contributed by atoms with Gasteiger partial charge in [-0.15, -0.1) is 0 Å². The summed E-state index contributed by atoms with van der Waals surface area (Å²) in [4.78, 5) is 34.3. The van der Waals surface area contributed by atoms with Crippen molar-refractivity contribution in [2.45, 2.75) is 32.4 Å². The summed E-state index contributed by atoms with van der Waals surface area (Å²) in [5.74, 6) is -1.65. The summed E-state index contributed by atoms with van der Waals surface area (Å²) in [5.41, 5.74) is 0.900. The quantitative estimate of drug-likeness (QED) is 0.786. The van der Waals surface area contributed by atoms with Crippen molar-refractivity contribution >= 4 is 17.8 Å². The molecule has 1 N–H and O–H groups in total. The van der Waals surface area contributed by atoms with E-state index in [1.165, 1.54) is 21.0 Å². The van der Waals surface area contributed by atoms with E-state index in [0.29, 0.717) is 6.42 Å². The van der Waals surface area contributed by atoms with E-state index in [-0.39, 0.29) is 5.91 Å². The van der Waals surface area contributed by atoms with Crippen LogP contribution < -0.4 is 5.32 Å². The lowest BCUT2D eigenvalue weighted by molar-refractivity contribution is -0.167. The molecule has 0 unspecified atom stereocenters. The van der Waals surface area contributed by atoms with Gasteiger partial charge in [0.2, 0.25) is 12.0 Å². The molecule has 0 saturated heterocycles. The standard InChI is InChI=1S/C15H19NO5/c1-10(17)16-13(9-12-7-5-4-6-8-12)14(15(19)20-3)21-11(2)18/h4-8,13-14H,9H2,1-3H3,(H,16,17)/t13-,14+/m1/s1. The third-order valence-corrected chi connectivity index (χ3v) is 2.78. The van der Waals surface area contributed by atoms with E-state index in [2.05, 4.69) is 10.1 Å². The predicted molar refractivity (Wildman–Crippen MR) is 75.3 cm³/mol. The molecule has 0 aromatic heterocycles. The van der Waals surface area contributed by atoms with Gasteiger partial charge in [0.05, 0.1) is 13.2 Å². The van der Waals surface area contributed by atoms with Gasteiger partial charge in [0, 0.05) is 13.8 Å². The highest BCUT2D eigenvalue weighted by atomic mass is 16.6. The molecule has 0 aliphatic heterocycles. The summed E-state index contributed by atoms with van der Waals surface area (Å²) in [7, 11) is 1.20. The van der Waals surface area contributed by atoms with Crippen molar-refractivity contribution in [1.29, 1.82) is 0 Å². The van der Waals surface area contributed by atoms with Crippen LogP contribution in [0.15, 0.2) is 30.3 Å². The molecule has 1 aromatic carbocycles. The van der Waals surface area contributed by atoms with Gasteiger partial charge in [-0.05, 0) is 12.0 Å². The maximum Gasteiger partial charge on any atom is 0.349 e. The Morgan fingerprint density at radius 1 is 1.14 bits per heavy atom. The van der Waals surface area contributed by atoms with Crippen molar-refractivity contribution in [2.24, 2.45) is 0 Å². The minimum absolute atomic E-state index is 0.322. The Balaban J connectivity index is 2.98. The van der Waals surface area contributed by atoms with E-state index in [1.807, 2.05) is 30.3 Å². The smallest absolute Gasteiger partial charge is 0.349 e. The summed E-state index contributed by atoms with van der Waals surface area (Å²) in [6.07, 6.45) is -0.843. The molecule has 0 fully saturated rings. The van der Waals surface area contributed by atoms with Gasteiger partial charge in [-0.2, -0.15) is 0 Å². The number of methoxy groups -OCH3 is 1. The molecule has 2 atom stereocenters. The maximum atomic E-state index is 11.8. The van der Waals surface area contributed by atoms with Crippen LogP contribution in [0.5, 0.6) is 0 Å². The predicted octanol–water partition coefficient (Wildman–Crippen LogP) is 0.838. The summed E-state index contributed by atoms with van der Waals surface area (Å²) >= 11 is 0. The second-order valence-electron chi connectivity index (χ2n) is 4.55. The molecule has 0 aliphatic rings. The summed E-state index contributed by atoms with van der Waals surface area (Å²) in [5, 5.41) is 2.63. The monoisotopic (exact) mass is 293 g/mol. The average Bonchev–Trinajstić information content (AvgIpc) is 2.43. The van der Waals surface area contributed by atoms with Crippen LogP contribution in [0.25, 0.3) is 0 Å². The largest absolute Gasteiger partial charge is 0.466 e. The molecule has 6 heteroatoms. The maximum absolute atomic E-state index is 11.8. The Bertz CT molecular complexity index is 500. The van der Waals surface area contributed by atoms with Crippen molar-refractivity contribution in [3.05, 3.63) is 35.9 Å². The van der Waals surface area contributed by atoms with Crippen LogP contribution in [0.4, 0.5) is 0 Å². The number of amides is 1. The van der Waals surface area contributed by atoms with E-state index in [9.17, 15) is 14.4 Å². The van der Waals surface area contributed by atoms with Crippen molar-refractivity contribution in [1.82, 2.24) is 5.32 Å². The number of esters is 2. The van der Waals surface area contributed by atoms with Crippen molar-refractivity contribution in [3.63, 3.8) is 0 Å². The summed E-state index contributed by atoms with van der Waals surface area (Å²) in [6, 6.07) is 8.58. The molecule has 0 bridgehead atoms. The third-order valence-electron chi connectivity index (χ3n) is 2.78. The fraction of sp³-hybridized carbons (Fsp3) is 0.400. The minimum Gasteiger partial charge on any atom is -0.466 e. The second-order valence-corrected chi connectivity index (χ2v) is 4.55. The molecule has 6 nitrogen and oxygen atoms in total. The first-order valence-corrected chi connectivity index (χ1v) is 6.50. The Morgan fingerprint density at radius 2 is 1.76 bits per heavy atom. The molecule has 0 radical (unpaired) electrons. The fourth-order valence-corrected chi connectivity index (χ4v) is 1.95. The number of ether oxygens (including phenoxy) is 2. The molecular weight excluding hydrogens is 274 g/mol. The van der Waals surface area contributed by atoms with E-state index in [0.717, 1.165) is 5.56 Å². The van der Waals surface area contributed by atoms with Crippen LogP contribution in [0.2, 0.25) is 0 Å². The van der Waals surface area contributed by atoms with Crippen molar-refractivity contribution in [2.75, 3.05) is 7.11 Å². The van der Waals surface area contributed by atoms with Gasteiger partial charge in [0.1, 0.15) is 0 Å². The van der Waals surface area contributed by atoms with Crippen LogP contribution >= 0.6 is 0 Å². The summed E-state index contributed by atoms with van der Waals surface area (Å²) < 4.78 is 9.66. The van der Waals surface area contributed by atoms with Crippen molar-refractivity contribution < 1.29 is 23.9 Å². The first-order chi connectivity index (χ1) is 9.93. The van der Waals surface area contributed by atoms with Gasteiger partial charge in [-0.1, -0.05) is 30.3 Å². The number of benzene rings is 1. The molecule has 0 spiro atoms. The molecule has 1 aromatic rings. The second kappa shape index (κ2) is 8.04. The highest BCUT2D eigenvalue weighted by molar-refractivity contribution is 5.81. The Hall–Kier alpha value is -2.37. The topological polar surface area (TPSA) is 81.7 Å². The van der Waals surface area contributed by atoms with Gasteiger partial charge in [-0.3, -0.25) is 9.59 Å². The molecule has 114 valence electrons. The molecule has 0 heterocycles. The highest BCUT2D eigenvalue weighted by Crippen LogP contribution is 2.11. The molecular formula is C15H19NO5. The van der Waals surface area contributed by atoms with E-state index >= 15 is 0 Å². The zero-order valence-electron chi connectivity index (χ0n) is 12.3. The minimum atomic E-state index is -1.18. The van der Waals surface area contributed by atoms with Crippen LogP contribution in [0, 0.1) is 0 Å². The van der Waals surface area contributed by atoms with Crippen molar-refractivity contribution in [3.8, 4) is 0 Å². The lowest BCUT2D eigenvalue weighted by Crippen LogP contribution is -2.50. The van der Waals surface area contributed by atoms with Gasteiger partial charge < -0.3 is 14.8 Å². The third kappa shape index (κ3) is 5.64. The van der Waals surface area contributed by atoms with Gasteiger partial charge in [-0.25, -0.2) is 4.79 Å². The number of hydrogen-bond donors (Lipinski definition) is 1. The van der Waals surface area contributed by atoms with Crippen LogP contribution in [-0.2, 0) is 30.3 Å². The number of carbonyl (C=O) groups is 3. The van der Waals surface area contributed by atoms with E-state index < -0.39 is 24.1 Å². The molecule has 0 saturated carbocycles. The molecule has 21 heavy (non-hydrogen) atoms. The van der Waals surface area contributed by atoms with Crippen LogP contribution in [0.1, 0.15) is 19.4 Å². The highest BCUT2D eigenvalue weighted by Gasteiger charge is 2.33. The average molecular weight is 293 g/mol. The van der Waals surface area contributed by atoms with Gasteiger partial charge >= 0.3 is 11.9 Å². The first kappa shape index (κ1) is 16.7. The summed E-state index contributed by atoms with van der Waals surface area (Å²) in [6.45, 7) is 2.53. The molecule has 1 rings (SSSR count).